The van der Waals surface area contributed by atoms with E-state index in [0.717, 1.165) is 24.3 Å². The van der Waals surface area contributed by atoms with Gasteiger partial charge in [-0.2, -0.15) is 0 Å². The monoisotopic (exact) mass is 230 g/mol. The lowest BCUT2D eigenvalue weighted by Crippen LogP contribution is -2.05. The second-order valence-corrected chi connectivity index (χ2v) is 3.93. The molecule has 2 nitrogen and oxygen atoms in total. The lowest BCUT2D eigenvalue weighted by Gasteiger charge is -2.06. The van der Waals surface area contributed by atoms with Crippen LogP contribution in [0.1, 0.15) is 5.56 Å². The zero-order valence-electron chi connectivity index (χ0n) is 9.49. The van der Waals surface area contributed by atoms with Gasteiger partial charge in [0, 0.05) is 17.9 Å². The van der Waals surface area contributed by atoms with Gasteiger partial charge in [-0.05, 0) is 42.3 Å². The number of hydrogen-bond acceptors (Lipinski definition) is 2. The van der Waals surface area contributed by atoms with Crippen molar-refractivity contribution < 1.29 is 4.39 Å². The van der Waals surface area contributed by atoms with E-state index < -0.39 is 0 Å². The molecule has 88 valence electrons. The molecule has 0 aliphatic carbocycles. The van der Waals surface area contributed by atoms with E-state index >= 15 is 0 Å². The van der Waals surface area contributed by atoms with Gasteiger partial charge in [-0.1, -0.05) is 18.2 Å². The standard InChI is InChI=1S/C14H15FN2/c15-12-4-2-6-14(10-12)17-8-7-11-3-1-5-13(16)9-11/h1-6,9-10,17H,7-8,16H2. The van der Waals surface area contributed by atoms with E-state index in [-0.39, 0.29) is 5.82 Å². The average molecular weight is 230 g/mol. The highest BCUT2D eigenvalue weighted by Crippen LogP contribution is 2.10. The van der Waals surface area contributed by atoms with Crippen molar-refractivity contribution >= 4 is 11.4 Å². The van der Waals surface area contributed by atoms with Crippen molar-refractivity contribution in [3.8, 4) is 0 Å². The maximum atomic E-state index is 12.9. The number of halogens is 1. The third-order valence-electron chi connectivity index (χ3n) is 2.52. The highest BCUT2D eigenvalue weighted by atomic mass is 19.1. The summed E-state index contributed by atoms with van der Waals surface area (Å²) in [7, 11) is 0. The first-order valence-corrected chi connectivity index (χ1v) is 5.58. The molecular weight excluding hydrogens is 215 g/mol. The molecule has 3 N–H and O–H groups in total. The molecule has 0 radical (unpaired) electrons. The van der Waals surface area contributed by atoms with E-state index in [2.05, 4.69) is 5.32 Å². The van der Waals surface area contributed by atoms with E-state index in [0.29, 0.717) is 0 Å². The van der Waals surface area contributed by atoms with Crippen molar-refractivity contribution in [1.82, 2.24) is 0 Å². The van der Waals surface area contributed by atoms with Crippen LogP contribution in [-0.4, -0.2) is 6.54 Å². The molecule has 2 aromatic rings. The number of hydrogen-bond donors (Lipinski definition) is 2. The molecule has 0 saturated carbocycles. The molecule has 0 saturated heterocycles. The molecule has 0 aliphatic rings. The van der Waals surface area contributed by atoms with Crippen molar-refractivity contribution in [2.75, 3.05) is 17.6 Å². The van der Waals surface area contributed by atoms with Gasteiger partial charge >= 0.3 is 0 Å². The van der Waals surface area contributed by atoms with E-state index in [4.69, 9.17) is 5.73 Å². The Labute approximate surface area is 100 Å². The predicted molar refractivity (Wildman–Crippen MR) is 69.4 cm³/mol. The Morgan fingerprint density at radius 3 is 2.65 bits per heavy atom. The highest BCUT2D eigenvalue weighted by Gasteiger charge is 1.96. The molecule has 2 rings (SSSR count). The summed E-state index contributed by atoms with van der Waals surface area (Å²) in [5.41, 5.74) is 8.44. The fourth-order valence-electron chi connectivity index (χ4n) is 1.70. The molecule has 0 heterocycles. The third-order valence-corrected chi connectivity index (χ3v) is 2.52. The fourth-order valence-corrected chi connectivity index (χ4v) is 1.70. The van der Waals surface area contributed by atoms with Crippen molar-refractivity contribution in [2.45, 2.75) is 6.42 Å². The van der Waals surface area contributed by atoms with Crippen LogP contribution in [0.4, 0.5) is 15.8 Å². The van der Waals surface area contributed by atoms with E-state index in [1.54, 1.807) is 6.07 Å². The molecule has 0 spiro atoms. The Morgan fingerprint density at radius 1 is 1.06 bits per heavy atom. The Morgan fingerprint density at radius 2 is 1.88 bits per heavy atom. The number of anilines is 2. The molecule has 0 unspecified atom stereocenters. The van der Waals surface area contributed by atoms with Crippen LogP contribution >= 0.6 is 0 Å². The topological polar surface area (TPSA) is 38.0 Å². The molecule has 3 heteroatoms. The summed E-state index contributed by atoms with van der Waals surface area (Å²) in [5.74, 6) is -0.223. The molecule has 0 fully saturated rings. The Bertz CT molecular complexity index is 452. The normalized spacial score (nSPS) is 10.2. The van der Waals surface area contributed by atoms with Gasteiger partial charge in [-0.25, -0.2) is 4.39 Å². The van der Waals surface area contributed by atoms with Gasteiger partial charge in [0.05, 0.1) is 0 Å². The molecule has 0 bridgehead atoms. The zero-order chi connectivity index (χ0) is 12.1. The molecule has 2 aromatic carbocycles. The first-order chi connectivity index (χ1) is 8.24. The molecule has 0 atom stereocenters. The number of nitrogens with one attached hydrogen (secondary N) is 1. The minimum Gasteiger partial charge on any atom is -0.399 e. The van der Waals surface area contributed by atoms with Gasteiger partial charge in [0.15, 0.2) is 0 Å². The van der Waals surface area contributed by atoms with Gasteiger partial charge < -0.3 is 11.1 Å². The summed E-state index contributed by atoms with van der Waals surface area (Å²) in [6, 6.07) is 14.2. The second-order valence-electron chi connectivity index (χ2n) is 3.93. The minimum atomic E-state index is -0.223. The van der Waals surface area contributed by atoms with Crippen molar-refractivity contribution in [3.63, 3.8) is 0 Å². The number of nitrogen functional groups attached to an aromatic ring is 1. The van der Waals surface area contributed by atoms with Crippen LogP contribution in [-0.2, 0) is 6.42 Å². The summed E-state index contributed by atoms with van der Waals surface area (Å²) in [4.78, 5) is 0. The summed E-state index contributed by atoms with van der Waals surface area (Å²) in [6.07, 6.45) is 0.863. The number of rotatable bonds is 4. The van der Waals surface area contributed by atoms with Gasteiger partial charge in [0.25, 0.3) is 0 Å². The smallest absolute Gasteiger partial charge is 0.125 e. The minimum absolute atomic E-state index is 0.223. The van der Waals surface area contributed by atoms with Crippen molar-refractivity contribution in [1.29, 1.82) is 0 Å². The van der Waals surface area contributed by atoms with Crippen LogP contribution < -0.4 is 11.1 Å². The largest absolute Gasteiger partial charge is 0.399 e. The molecule has 0 aliphatic heterocycles. The van der Waals surface area contributed by atoms with Gasteiger partial charge in [-0.3, -0.25) is 0 Å². The molecule has 0 aromatic heterocycles. The van der Waals surface area contributed by atoms with E-state index in [9.17, 15) is 4.39 Å². The van der Waals surface area contributed by atoms with Gasteiger partial charge in [0.1, 0.15) is 5.82 Å². The van der Waals surface area contributed by atoms with Crippen LogP contribution in [0, 0.1) is 5.82 Å². The quantitative estimate of drug-likeness (QED) is 0.792. The summed E-state index contributed by atoms with van der Waals surface area (Å²) >= 11 is 0. The first-order valence-electron chi connectivity index (χ1n) is 5.58. The predicted octanol–water partition coefficient (Wildman–Crippen LogP) is 3.06. The summed E-state index contributed by atoms with van der Waals surface area (Å²) in [5, 5.41) is 3.17. The van der Waals surface area contributed by atoms with Gasteiger partial charge in [-0.15, -0.1) is 0 Å². The summed E-state index contributed by atoms with van der Waals surface area (Å²) in [6.45, 7) is 0.757. The average Bonchev–Trinajstić information content (AvgIpc) is 2.29. The second kappa shape index (κ2) is 5.34. The van der Waals surface area contributed by atoms with E-state index in [1.165, 1.54) is 17.7 Å². The lowest BCUT2D eigenvalue weighted by atomic mass is 10.1. The Kier molecular flexibility index (Phi) is 3.60. The molecule has 17 heavy (non-hydrogen) atoms. The first kappa shape index (κ1) is 11.5. The number of benzene rings is 2. The van der Waals surface area contributed by atoms with Crippen molar-refractivity contribution in [2.24, 2.45) is 0 Å². The highest BCUT2D eigenvalue weighted by molar-refractivity contribution is 5.44. The fraction of sp³-hybridized carbons (Fsp3) is 0.143. The lowest BCUT2D eigenvalue weighted by molar-refractivity contribution is 0.628. The SMILES string of the molecule is Nc1cccc(CCNc2cccc(F)c2)c1. The number of nitrogens with two attached hydrogens (primary N) is 1. The van der Waals surface area contributed by atoms with Crippen molar-refractivity contribution in [3.05, 3.63) is 59.9 Å². The van der Waals surface area contributed by atoms with Crippen LogP contribution in [0.3, 0.4) is 0 Å². The van der Waals surface area contributed by atoms with Crippen LogP contribution in [0.2, 0.25) is 0 Å². The summed E-state index contributed by atoms with van der Waals surface area (Å²) < 4.78 is 12.9. The third kappa shape index (κ3) is 3.48. The molecular formula is C14H15FN2. The van der Waals surface area contributed by atoms with E-state index in [1.807, 2.05) is 30.3 Å². The van der Waals surface area contributed by atoms with Crippen LogP contribution in [0.15, 0.2) is 48.5 Å². The Balaban J connectivity index is 1.87. The van der Waals surface area contributed by atoms with Crippen LogP contribution in [0.5, 0.6) is 0 Å². The van der Waals surface area contributed by atoms with Gasteiger partial charge in [0.2, 0.25) is 0 Å². The zero-order valence-corrected chi connectivity index (χ0v) is 9.49. The van der Waals surface area contributed by atoms with Crippen LogP contribution in [0.25, 0.3) is 0 Å². The maximum absolute atomic E-state index is 12.9. The molecule has 0 amide bonds. The maximum Gasteiger partial charge on any atom is 0.125 e. The Hall–Kier alpha value is -2.03.